The molecule has 0 saturated heterocycles. The van der Waals surface area contributed by atoms with Crippen molar-refractivity contribution in [2.45, 2.75) is 70.5 Å². The van der Waals surface area contributed by atoms with Crippen LogP contribution in [0.25, 0.3) is 22.3 Å². The van der Waals surface area contributed by atoms with Crippen LogP contribution in [0, 0.1) is 5.92 Å². The molecule has 0 radical (unpaired) electrons. The Morgan fingerprint density at radius 1 is 0.482 bits per heavy atom. The zero-order valence-corrected chi connectivity index (χ0v) is 33.5. The summed E-state index contributed by atoms with van der Waals surface area (Å²) < 4.78 is 25.6. The van der Waals surface area contributed by atoms with Crippen LogP contribution in [0.2, 0.25) is 0 Å². The molecule has 6 aromatic rings. The fraction of sp³-hybridized carbons (Fsp3) is 0.308. The van der Waals surface area contributed by atoms with Crippen LogP contribution in [0.4, 0.5) is 0 Å². The first-order valence-corrected chi connectivity index (χ1v) is 20.5. The van der Waals surface area contributed by atoms with Gasteiger partial charge in [-0.15, -0.1) is 0 Å². The van der Waals surface area contributed by atoms with Crippen molar-refractivity contribution in [2.75, 3.05) is 26.4 Å². The van der Waals surface area contributed by atoms with E-state index < -0.39 is 5.60 Å². The molecule has 0 spiro atoms. The maximum atomic E-state index is 7.01. The van der Waals surface area contributed by atoms with E-state index in [-0.39, 0.29) is 11.0 Å². The summed E-state index contributed by atoms with van der Waals surface area (Å²) in [5.74, 6) is 2.04. The van der Waals surface area contributed by atoms with Crippen LogP contribution in [0.15, 0.2) is 146 Å². The SMILES string of the molecule is CCC(CC)C1(c2ccc(Oc3ccc(C4(OCCOCCOC(C)(C)CC)c5ccccc5-c5ccccc54)cc3)cc2)c2ccccc2-c2ccccc21. The molecular formula is C52H54O4. The predicted octanol–water partition coefficient (Wildman–Crippen LogP) is 12.7. The minimum atomic E-state index is -0.783. The Morgan fingerprint density at radius 2 is 0.911 bits per heavy atom. The summed E-state index contributed by atoms with van der Waals surface area (Å²) >= 11 is 0. The lowest BCUT2D eigenvalue weighted by Gasteiger charge is -2.40. The first-order valence-electron chi connectivity index (χ1n) is 20.5. The second-order valence-electron chi connectivity index (χ2n) is 15.8. The monoisotopic (exact) mass is 742 g/mol. The lowest BCUT2D eigenvalue weighted by atomic mass is 9.62. The van der Waals surface area contributed by atoms with Gasteiger partial charge in [-0.05, 0) is 95.0 Å². The summed E-state index contributed by atoms with van der Waals surface area (Å²) in [5.41, 5.74) is 11.4. The van der Waals surface area contributed by atoms with Crippen molar-refractivity contribution < 1.29 is 18.9 Å². The Hall–Kier alpha value is -5.00. The van der Waals surface area contributed by atoms with Gasteiger partial charge in [0, 0.05) is 16.5 Å². The van der Waals surface area contributed by atoms with Crippen LogP contribution >= 0.6 is 0 Å². The molecule has 4 heteroatoms. The fourth-order valence-corrected chi connectivity index (χ4v) is 9.42. The molecule has 2 aliphatic rings. The van der Waals surface area contributed by atoms with Crippen LogP contribution in [-0.2, 0) is 25.2 Å². The maximum absolute atomic E-state index is 7.01. The average molecular weight is 743 g/mol. The van der Waals surface area contributed by atoms with Crippen molar-refractivity contribution in [1.29, 1.82) is 0 Å². The van der Waals surface area contributed by atoms with Gasteiger partial charge in [0.15, 0.2) is 0 Å². The molecule has 0 saturated carbocycles. The van der Waals surface area contributed by atoms with E-state index in [4.69, 9.17) is 18.9 Å². The molecule has 0 heterocycles. The normalized spacial score (nSPS) is 14.6. The van der Waals surface area contributed by atoms with E-state index in [0.717, 1.165) is 47.5 Å². The first kappa shape index (κ1) is 37.9. The van der Waals surface area contributed by atoms with Crippen molar-refractivity contribution in [3.63, 3.8) is 0 Å². The van der Waals surface area contributed by atoms with Gasteiger partial charge in [0.05, 0.1) is 32.0 Å². The van der Waals surface area contributed by atoms with Crippen LogP contribution in [-0.4, -0.2) is 32.0 Å². The van der Waals surface area contributed by atoms with Gasteiger partial charge in [-0.2, -0.15) is 0 Å². The third-order valence-corrected chi connectivity index (χ3v) is 12.4. The molecule has 286 valence electrons. The summed E-state index contributed by atoms with van der Waals surface area (Å²) in [6, 6.07) is 52.4. The minimum absolute atomic E-state index is 0.147. The van der Waals surface area contributed by atoms with E-state index >= 15 is 0 Å². The molecule has 6 aromatic carbocycles. The van der Waals surface area contributed by atoms with Crippen LogP contribution in [0.1, 0.15) is 87.3 Å². The Kier molecular flexibility index (Phi) is 10.7. The molecule has 2 aliphatic carbocycles. The van der Waals surface area contributed by atoms with Gasteiger partial charge >= 0.3 is 0 Å². The topological polar surface area (TPSA) is 36.9 Å². The summed E-state index contributed by atoms with van der Waals surface area (Å²) in [6.07, 6.45) is 3.13. The zero-order chi connectivity index (χ0) is 38.8. The molecule has 0 bridgehead atoms. The standard InChI is InChI=1S/C52H54O4/c1-6-37(7-2)51(46-21-13-9-17-42(46)43-18-10-14-22-47(43)51)38-25-29-40(30-26-38)56-41-31-27-39(28-32-41)52(55-36-34-53-33-35-54-50(4,5)8-3)48-23-15-11-19-44(48)45-20-12-16-24-49(45)52/h9-32,37H,6-8,33-36H2,1-5H3. The smallest absolute Gasteiger partial charge is 0.145 e. The highest BCUT2D eigenvalue weighted by Gasteiger charge is 2.49. The van der Waals surface area contributed by atoms with E-state index in [9.17, 15) is 0 Å². The van der Waals surface area contributed by atoms with Gasteiger partial charge < -0.3 is 18.9 Å². The van der Waals surface area contributed by atoms with Gasteiger partial charge in [0.25, 0.3) is 0 Å². The van der Waals surface area contributed by atoms with Crippen LogP contribution < -0.4 is 4.74 Å². The summed E-state index contributed by atoms with van der Waals surface area (Å²) in [4.78, 5) is 0. The molecule has 0 N–H and O–H groups in total. The van der Waals surface area contributed by atoms with Crippen molar-refractivity contribution >= 4 is 0 Å². The molecule has 56 heavy (non-hydrogen) atoms. The third-order valence-electron chi connectivity index (χ3n) is 12.4. The Balaban J connectivity index is 1.06. The second-order valence-corrected chi connectivity index (χ2v) is 15.8. The minimum Gasteiger partial charge on any atom is -0.457 e. The van der Waals surface area contributed by atoms with E-state index in [1.54, 1.807) is 0 Å². The van der Waals surface area contributed by atoms with Gasteiger partial charge in [-0.1, -0.05) is 155 Å². The van der Waals surface area contributed by atoms with Crippen molar-refractivity contribution in [3.8, 4) is 33.8 Å². The number of ether oxygens (including phenoxy) is 4. The number of hydrogen-bond donors (Lipinski definition) is 0. The Labute approximate surface area is 333 Å². The highest BCUT2D eigenvalue weighted by molar-refractivity contribution is 5.84. The maximum Gasteiger partial charge on any atom is 0.145 e. The molecular weight excluding hydrogens is 689 g/mol. The second kappa shape index (κ2) is 15.9. The molecule has 0 aliphatic heterocycles. The van der Waals surface area contributed by atoms with Crippen LogP contribution in [0.5, 0.6) is 11.5 Å². The Morgan fingerprint density at radius 3 is 1.39 bits per heavy atom. The van der Waals surface area contributed by atoms with E-state index in [0.29, 0.717) is 32.3 Å². The van der Waals surface area contributed by atoms with E-state index in [1.807, 2.05) is 0 Å². The third kappa shape index (κ3) is 6.48. The highest BCUT2D eigenvalue weighted by Crippen LogP contribution is 2.58. The summed E-state index contributed by atoms with van der Waals surface area (Å²) in [7, 11) is 0. The molecule has 0 fully saturated rings. The van der Waals surface area contributed by atoms with Gasteiger partial charge in [-0.3, -0.25) is 0 Å². The zero-order valence-electron chi connectivity index (χ0n) is 33.5. The molecule has 0 aromatic heterocycles. The average Bonchev–Trinajstić information content (AvgIpc) is 3.70. The molecule has 8 rings (SSSR count). The van der Waals surface area contributed by atoms with Crippen LogP contribution in [0.3, 0.4) is 0 Å². The number of hydrogen-bond acceptors (Lipinski definition) is 4. The predicted molar refractivity (Wildman–Crippen MR) is 228 cm³/mol. The summed E-state index contributed by atoms with van der Waals surface area (Å²) in [6.45, 7) is 13.0. The van der Waals surface area contributed by atoms with Crippen molar-refractivity contribution in [3.05, 3.63) is 179 Å². The van der Waals surface area contributed by atoms with Crippen molar-refractivity contribution in [2.24, 2.45) is 5.92 Å². The highest BCUT2D eigenvalue weighted by atomic mass is 16.6. The molecule has 4 nitrogen and oxygen atoms in total. The largest absolute Gasteiger partial charge is 0.457 e. The quantitative estimate of drug-likeness (QED) is 0.0926. The Bertz CT molecular complexity index is 2170. The van der Waals surface area contributed by atoms with Gasteiger partial charge in [0.1, 0.15) is 17.1 Å². The summed E-state index contributed by atoms with van der Waals surface area (Å²) in [5, 5.41) is 0. The van der Waals surface area contributed by atoms with E-state index in [2.05, 4.69) is 180 Å². The lowest BCUT2D eigenvalue weighted by Crippen LogP contribution is -2.35. The van der Waals surface area contributed by atoms with Gasteiger partial charge in [0.2, 0.25) is 0 Å². The molecule has 0 unspecified atom stereocenters. The van der Waals surface area contributed by atoms with Crippen molar-refractivity contribution in [1.82, 2.24) is 0 Å². The number of benzene rings is 6. The van der Waals surface area contributed by atoms with E-state index in [1.165, 1.54) is 38.9 Å². The fourth-order valence-electron chi connectivity index (χ4n) is 9.42. The molecule has 0 amide bonds. The first-order chi connectivity index (χ1) is 27.4. The number of fused-ring (bicyclic) bond motifs is 6. The van der Waals surface area contributed by atoms with Gasteiger partial charge in [-0.25, -0.2) is 0 Å². The molecule has 0 atom stereocenters. The number of rotatable bonds is 16. The lowest BCUT2D eigenvalue weighted by molar-refractivity contribution is -0.0635.